The number of rotatable bonds is 5. The van der Waals surface area contributed by atoms with Crippen molar-refractivity contribution >= 4 is 11.6 Å². The van der Waals surface area contributed by atoms with Crippen LogP contribution >= 0.6 is 0 Å². The Bertz CT molecular complexity index is 464. The number of amides is 1. The fourth-order valence-electron chi connectivity index (χ4n) is 2.51. The van der Waals surface area contributed by atoms with Crippen LogP contribution in [-0.4, -0.2) is 48.8 Å². The minimum Gasteiger partial charge on any atom is -0.495 e. The maximum atomic E-state index is 12.3. The van der Waals surface area contributed by atoms with E-state index in [4.69, 9.17) is 9.84 Å². The Morgan fingerprint density at radius 2 is 2.30 bits per heavy atom. The Hall–Kier alpha value is -1.59. The van der Waals surface area contributed by atoms with Crippen LogP contribution in [0.3, 0.4) is 0 Å². The van der Waals surface area contributed by atoms with Gasteiger partial charge in [0.1, 0.15) is 5.75 Å². The highest BCUT2D eigenvalue weighted by molar-refractivity contribution is 5.95. The summed E-state index contributed by atoms with van der Waals surface area (Å²) in [6, 6.07) is 7.16. The zero-order valence-electron chi connectivity index (χ0n) is 12.0. The van der Waals surface area contributed by atoms with Gasteiger partial charge in [-0.3, -0.25) is 9.69 Å². The zero-order chi connectivity index (χ0) is 14.5. The van der Waals surface area contributed by atoms with Crippen molar-refractivity contribution in [3.63, 3.8) is 0 Å². The fraction of sp³-hybridized carbons (Fsp3) is 0.533. The van der Waals surface area contributed by atoms with Crippen LogP contribution in [0.1, 0.15) is 13.3 Å². The lowest BCUT2D eigenvalue weighted by molar-refractivity contribution is -0.120. The van der Waals surface area contributed by atoms with Gasteiger partial charge in [-0.05, 0) is 37.9 Å². The lowest BCUT2D eigenvalue weighted by atomic mass is 10.1. The molecule has 0 radical (unpaired) electrons. The molecule has 0 aromatic heterocycles. The number of carbonyl (C=O) groups is 1. The van der Waals surface area contributed by atoms with Crippen LogP contribution < -0.4 is 10.1 Å². The van der Waals surface area contributed by atoms with E-state index in [0.717, 1.165) is 19.5 Å². The van der Waals surface area contributed by atoms with Crippen LogP contribution in [0.2, 0.25) is 0 Å². The number of anilines is 1. The Morgan fingerprint density at radius 1 is 1.55 bits per heavy atom. The third-order valence-corrected chi connectivity index (χ3v) is 3.87. The summed E-state index contributed by atoms with van der Waals surface area (Å²) in [6.45, 7) is 3.71. The predicted octanol–water partition coefficient (Wildman–Crippen LogP) is 1.34. The molecule has 1 fully saturated rings. The first-order valence-corrected chi connectivity index (χ1v) is 6.94. The summed E-state index contributed by atoms with van der Waals surface area (Å²) in [7, 11) is 1.58. The van der Waals surface area contributed by atoms with E-state index in [2.05, 4.69) is 10.2 Å². The second-order valence-electron chi connectivity index (χ2n) is 5.20. The number of ether oxygens (including phenoxy) is 1. The first-order valence-electron chi connectivity index (χ1n) is 6.94. The maximum Gasteiger partial charge on any atom is 0.241 e. The van der Waals surface area contributed by atoms with Crippen LogP contribution in [0.5, 0.6) is 5.75 Å². The highest BCUT2D eigenvalue weighted by Crippen LogP contribution is 2.24. The average molecular weight is 278 g/mol. The molecule has 2 N–H and O–H groups in total. The summed E-state index contributed by atoms with van der Waals surface area (Å²) >= 11 is 0. The topological polar surface area (TPSA) is 61.8 Å². The van der Waals surface area contributed by atoms with Gasteiger partial charge < -0.3 is 15.2 Å². The first-order chi connectivity index (χ1) is 9.65. The molecule has 1 heterocycles. The summed E-state index contributed by atoms with van der Waals surface area (Å²) in [4.78, 5) is 14.4. The number of nitrogens with zero attached hydrogens (tertiary/aromatic N) is 1. The number of hydrogen-bond acceptors (Lipinski definition) is 4. The van der Waals surface area contributed by atoms with Crippen molar-refractivity contribution in [2.45, 2.75) is 19.4 Å². The fourth-order valence-corrected chi connectivity index (χ4v) is 2.51. The van der Waals surface area contributed by atoms with Gasteiger partial charge in [0.15, 0.2) is 0 Å². The van der Waals surface area contributed by atoms with Gasteiger partial charge in [-0.15, -0.1) is 0 Å². The summed E-state index contributed by atoms with van der Waals surface area (Å²) in [6.07, 6.45) is 0.947. The van der Waals surface area contributed by atoms with Crippen LogP contribution in [0.15, 0.2) is 24.3 Å². The zero-order valence-corrected chi connectivity index (χ0v) is 12.0. The Labute approximate surface area is 119 Å². The number of nitrogens with one attached hydrogen (secondary N) is 1. The lowest BCUT2D eigenvalue weighted by Gasteiger charge is -2.23. The second kappa shape index (κ2) is 6.72. The van der Waals surface area contributed by atoms with Crippen LogP contribution in [0, 0.1) is 5.92 Å². The average Bonchev–Trinajstić information content (AvgIpc) is 2.95. The molecule has 2 rings (SSSR count). The maximum absolute atomic E-state index is 12.3. The Balaban J connectivity index is 1.97. The molecule has 1 aromatic rings. The number of hydrogen-bond donors (Lipinski definition) is 2. The van der Waals surface area contributed by atoms with E-state index in [1.54, 1.807) is 7.11 Å². The minimum absolute atomic E-state index is 0.0481. The number of aliphatic hydroxyl groups excluding tert-OH is 1. The van der Waals surface area contributed by atoms with Crippen molar-refractivity contribution in [1.29, 1.82) is 0 Å². The second-order valence-corrected chi connectivity index (χ2v) is 5.20. The van der Waals surface area contributed by atoms with Gasteiger partial charge in [0, 0.05) is 13.2 Å². The molecular weight excluding hydrogens is 256 g/mol. The minimum atomic E-state index is -0.212. The van der Waals surface area contributed by atoms with Crippen molar-refractivity contribution in [2.75, 3.05) is 32.1 Å². The van der Waals surface area contributed by atoms with Crippen molar-refractivity contribution in [3.8, 4) is 5.75 Å². The highest BCUT2D eigenvalue weighted by Gasteiger charge is 2.29. The molecule has 0 spiro atoms. The monoisotopic (exact) mass is 278 g/mol. The quantitative estimate of drug-likeness (QED) is 0.853. The third kappa shape index (κ3) is 3.29. The molecule has 1 aliphatic heterocycles. The molecule has 2 unspecified atom stereocenters. The third-order valence-electron chi connectivity index (χ3n) is 3.87. The van der Waals surface area contributed by atoms with Crippen molar-refractivity contribution in [1.82, 2.24) is 4.90 Å². The molecule has 2 atom stereocenters. The van der Waals surface area contributed by atoms with Gasteiger partial charge in [-0.1, -0.05) is 12.1 Å². The van der Waals surface area contributed by atoms with Crippen LogP contribution in [0.4, 0.5) is 5.69 Å². The van der Waals surface area contributed by atoms with Gasteiger partial charge in [-0.2, -0.15) is 0 Å². The lowest BCUT2D eigenvalue weighted by Crippen LogP contribution is -2.40. The molecule has 0 saturated carbocycles. The number of likely N-dealkylation sites (tertiary alicyclic amines) is 1. The standard InChI is InChI=1S/C15H22N2O3/c1-11(17-8-7-12(9-17)10-18)15(19)16-13-5-3-4-6-14(13)20-2/h3-6,11-12,18H,7-10H2,1-2H3,(H,16,19). The number of aliphatic hydroxyl groups is 1. The van der Waals surface area contributed by atoms with Gasteiger partial charge in [-0.25, -0.2) is 0 Å². The molecule has 0 bridgehead atoms. The van der Waals surface area contributed by atoms with Crippen molar-refractivity contribution < 1.29 is 14.6 Å². The van der Waals surface area contributed by atoms with Gasteiger partial charge in [0.2, 0.25) is 5.91 Å². The molecule has 5 nitrogen and oxygen atoms in total. The largest absolute Gasteiger partial charge is 0.495 e. The smallest absolute Gasteiger partial charge is 0.241 e. The predicted molar refractivity (Wildman–Crippen MR) is 77.9 cm³/mol. The van der Waals surface area contributed by atoms with Crippen LogP contribution in [-0.2, 0) is 4.79 Å². The SMILES string of the molecule is COc1ccccc1NC(=O)C(C)N1CCC(CO)C1. The molecule has 1 amide bonds. The number of para-hydroxylation sites is 2. The van der Waals surface area contributed by atoms with E-state index in [0.29, 0.717) is 11.4 Å². The molecule has 5 heteroatoms. The highest BCUT2D eigenvalue weighted by atomic mass is 16.5. The number of benzene rings is 1. The van der Waals surface area contributed by atoms with Gasteiger partial charge >= 0.3 is 0 Å². The normalized spacial score (nSPS) is 20.6. The van der Waals surface area contributed by atoms with E-state index in [9.17, 15) is 4.79 Å². The molecule has 1 saturated heterocycles. The van der Waals surface area contributed by atoms with E-state index in [-0.39, 0.29) is 24.5 Å². The van der Waals surface area contributed by atoms with Crippen LogP contribution in [0.25, 0.3) is 0 Å². The van der Waals surface area contributed by atoms with E-state index >= 15 is 0 Å². The number of methoxy groups -OCH3 is 1. The summed E-state index contributed by atoms with van der Waals surface area (Å²) in [5.74, 6) is 0.896. The van der Waals surface area contributed by atoms with Crippen molar-refractivity contribution in [3.05, 3.63) is 24.3 Å². The Kier molecular flexibility index (Phi) is 4.98. The summed E-state index contributed by atoms with van der Waals surface area (Å²) in [5, 5.41) is 12.1. The molecular formula is C15H22N2O3. The van der Waals surface area contributed by atoms with E-state index in [1.165, 1.54) is 0 Å². The molecule has 110 valence electrons. The Morgan fingerprint density at radius 3 is 2.95 bits per heavy atom. The van der Waals surface area contributed by atoms with E-state index in [1.807, 2.05) is 31.2 Å². The van der Waals surface area contributed by atoms with Gasteiger partial charge in [0.05, 0.1) is 18.8 Å². The molecule has 20 heavy (non-hydrogen) atoms. The first kappa shape index (κ1) is 14.8. The van der Waals surface area contributed by atoms with Gasteiger partial charge in [0.25, 0.3) is 0 Å². The summed E-state index contributed by atoms with van der Waals surface area (Å²) < 4.78 is 5.22. The van der Waals surface area contributed by atoms with Crippen molar-refractivity contribution in [2.24, 2.45) is 5.92 Å². The summed E-state index contributed by atoms with van der Waals surface area (Å²) in [5.41, 5.74) is 0.685. The van der Waals surface area contributed by atoms with E-state index < -0.39 is 0 Å². The molecule has 0 aliphatic carbocycles. The molecule has 1 aliphatic rings. The number of carbonyl (C=O) groups excluding carboxylic acids is 1. The molecule has 1 aromatic carbocycles.